The molecule has 35 heavy (non-hydrogen) atoms. The Hall–Kier alpha value is -3.79. The predicted molar refractivity (Wildman–Crippen MR) is 126 cm³/mol. The van der Waals surface area contributed by atoms with Crippen LogP contribution in [0.2, 0.25) is 0 Å². The number of nitrogens with one attached hydrogen (secondary N) is 1. The monoisotopic (exact) mass is 500 g/mol. The lowest BCUT2D eigenvalue weighted by atomic mass is 10.1. The number of carbonyl (C=O) groups excluding carboxylic acids is 3. The fourth-order valence-corrected chi connectivity index (χ4v) is 4.22. The number of amides is 3. The molecule has 2 aromatic carbocycles. The van der Waals surface area contributed by atoms with Crippen LogP contribution in [-0.2, 0) is 15.8 Å². The molecule has 1 aromatic heterocycles. The Morgan fingerprint density at radius 1 is 1.09 bits per heavy atom. The summed E-state index contributed by atoms with van der Waals surface area (Å²) in [6, 6.07) is 13.2. The van der Waals surface area contributed by atoms with Crippen molar-refractivity contribution in [2.45, 2.75) is 20.0 Å². The summed E-state index contributed by atoms with van der Waals surface area (Å²) in [5.41, 5.74) is 1.79. The molecule has 6 nitrogen and oxygen atoms in total. The van der Waals surface area contributed by atoms with Crippen LogP contribution in [0, 0.1) is 13.8 Å². The SMILES string of the molecule is Cc1ccc(C)c(NC(=O)CN2C(=O)S/C(=C/c3ccc(-c4cccc(C(F)(F)F)c4)o3)C2=O)c1. The Morgan fingerprint density at radius 3 is 2.60 bits per heavy atom. The third-order valence-electron chi connectivity index (χ3n) is 5.22. The van der Waals surface area contributed by atoms with Crippen LogP contribution < -0.4 is 5.32 Å². The molecule has 0 bridgehead atoms. The summed E-state index contributed by atoms with van der Waals surface area (Å²) >= 11 is 0.651. The molecule has 1 fully saturated rings. The number of benzene rings is 2. The van der Waals surface area contributed by atoms with E-state index in [4.69, 9.17) is 4.42 Å². The minimum Gasteiger partial charge on any atom is -0.457 e. The lowest BCUT2D eigenvalue weighted by Gasteiger charge is -2.14. The average Bonchev–Trinajstić information content (AvgIpc) is 3.36. The Balaban J connectivity index is 1.47. The number of thioether (sulfide) groups is 1. The average molecular weight is 500 g/mol. The lowest BCUT2D eigenvalue weighted by Crippen LogP contribution is -2.36. The van der Waals surface area contributed by atoms with Gasteiger partial charge in [0.1, 0.15) is 18.1 Å². The third-order valence-corrected chi connectivity index (χ3v) is 6.12. The normalized spacial score (nSPS) is 15.2. The molecule has 0 aliphatic carbocycles. The predicted octanol–water partition coefficient (Wildman–Crippen LogP) is 6.26. The number of halogens is 3. The van der Waals surface area contributed by atoms with Gasteiger partial charge in [-0.05, 0) is 67.1 Å². The number of hydrogen-bond donors (Lipinski definition) is 1. The van der Waals surface area contributed by atoms with Gasteiger partial charge < -0.3 is 9.73 Å². The first-order chi connectivity index (χ1) is 16.5. The molecule has 0 atom stereocenters. The van der Waals surface area contributed by atoms with E-state index in [2.05, 4.69) is 5.32 Å². The summed E-state index contributed by atoms with van der Waals surface area (Å²) in [7, 11) is 0. The summed E-state index contributed by atoms with van der Waals surface area (Å²) < 4.78 is 44.5. The largest absolute Gasteiger partial charge is 0.457 e. The molecule has 10 heteroatoms. The second-order valence-electron chi connectivity index (χ2n) is 7.91. The van der Waals surface area contributed by atoms with Crippen molar-refractivity contribution in [3.63, 3.8) is 0 Å². The zero-order valence-electron chi connectivity index (χ0n) is 18.6. The molecule has 0 radical (unpaired) electrons. The minimum absolute atomic E-state index is 0.0412. The van der Waals surface area contributed by atoms with E-state index >= 15 is 0 Å². The minimum atomic E-state index is -4.49. The molecule has 1 aliphatic rings. The molecule has 0 unspecified atom stereocenters. The number of furan rings is 1. The van der Waals surface area contributed by atoms with Crippen molar-refractivity contribution in [2.75, 3.05) is 11.9 Å². The molecule has 2 heterocycles. The smallest absolute Gasteiger partial charge is 0.416 e. The molecule has 1 aliphatic heterocycles. The van der Waals surface area contributed by atoms with E-state index in [0.29, 0.717) is 17.4 Å². The van der Waals surface area contributed by atoms with Crippen molar-refractivity contribution in [2.24, 2.45) is 0 Å². The van der Waals surface area contributed by atoms with Crippen molar-refractivity contribution in [3.8, 4) is 11.3 Å². The van der Waals surface area contributed by atoms with Crippen molar-refractivity contribution in [3.05, 3.63) is 82.0 Å². The van der Waals surface area contributed by atoms with Crippen LogP contribution in [0.5, 0.6) is 0 Å². The van der Waals surface area contributed by atoms with Crippen molar-refractivity contribution >= 4 is 40.6 Å². The second kappa shape index (κ2) is 9.46. The third kappa shape index (κ3) is 5.48. The van der Waals surface area contributed by atoms with Gasteiger partial charge in [0, 0.05) is 17.3 Å². The Kier molecular flexibility index (Phi) is 6.58. The van der Waals surface area contributed by atoms with Crippen molar-refractivity contribution < 1.29 is 32.0 Å². The van der Waals surface area contributed by atoms with E-state index in [1.807, 2.05) is 26.0 Å². The molecule has 0 saturated carbocycles. The Labute approximate surface area is 202 Å². The zero-order valence-corrected chi connectivity index (χ0v) is 19.4. The highest BCUT2D eigenvalue weighted by Crippen LogP contribution is 2.35. The van der Waals surface area contributed by atoms with E-state index < -0.39 is 35.3 Å². The molecule has 1 N–H and O–H groups in total. The molecule has 3 aromatic rings. The maximum atomic E-state index is 13.0. The highest BCUT2D eigenvalue weighted by molar-refractivity contribution is 8.18. The number of imide groups is 1. The van der Waals surface area contributed by atoms with Crippen LogP contribution >= 0.6 is 11.8 Å². The maximum absolute atomic E-state index is 13.0. The number of carbonyl (C=O) groups is 3. The molecular weight excluding hydrogens is 481 g/mol. The molecule has 4 rings (SSSR count). The number of nitrogens with zero attached hydrogens (tertiary/aromatic N) is 1. The van der Waals surface area contributed by atoms with Crippen LogP contribution in [0.4, 0.5) is 23.7 Å². The summed E-state index contributed by atoms with van der Waals surface area (Å²) in [6.45, 7) is 3.25. The summed E-state index contributed by atoms with van der Waals surface area (Å²) in [4.78, 5) is 38.4. The first kappa shape index (κ1) is 24.3. The molecule has 180 valence electrons. The lowest BCUT2D eigenvalue weighted by molar-refractivity contribution is -0.137. The van der Waals surface area contributed by atoms with E-state index in [1.165, 1.54) is 30.3 Å². The van der Waals surface area contributed by atoms with Crippen LogP contribution in [-0.4, -0.2) is 28.5 Å². The van der Waals surface area contributed by atoms with Crippen LogP contribution in [0.3, 0.4) is 0 Å². The molecule has 1 saturated heterocycles. The van der Waals surface area contributed by atoms with Crippen LogP contribution in [0.15, 0.2) is 63.9 Å². The maximum Gasteiger partial charge on any atom is 0.416 e. The number of hydrogen-bond acceptors (Lipinski definition) is 5. The van der Waals surface area contributed by atoms with Gasteiger partial charge in [-0.1, -0.05) is 24.3 Å². The van der Waals surface area contributed by atoms with Crippen molar-refractivity contribution in [1.82, 2.24) is 4.90 Å². The van der Waals surface area contributed by atoms with Gasteiger partial charge >= 0.3 is 6.18 Å². The number of alkyl halides is 3. The van der Waals surface area contributed by atoms with E-state index in [9.17, 15) is 27.6 Å². The Bertz CT molecular complexity index is 1360. The molecule has 0 spiro atoms. The van der Waals surface area contributed by atoms with Crippen LogP contribution in [0.25, 0.3) is 17.4 Å². The first-order valence-corrected chi connectivity index (χ1v) is 11.2. The highest BCUT2D eigenvalue weighted by Gasteiger charge is 2.36. The quantitative estimate of drug-likeness (QED) is 0.419. The van der Waals surface area contributed by atoms with Gasteiger partial charge in [0.05, 0.1) is 10.5 Å². The van der Waals surface area contributed by atoms with E-state index in [-0.39, 0.29) is 22.0 Å². The van der Waals surface area contributed by atoms with Gasteiger partial charge in [0.2, 0.25) is 5.91 Å². The second-order valence-corrected chi connectivity index (χ2v) is 8.91. The summed E-state index contributed by atoms with van der Waals surface area (Å²) in [5.74, 6) is -0.822. The van der Waals surface area contributed by atoms with Crippen LogP contribution in [0.1, 0.15) is 22.5 Å². The van der Waals surface area contributed by atoms with Gasteiger partial charge in [-0.15, -0.1) is 0 Å². The number of aryl methyl sites for hydroxylation is 2. The Morgan fingerprint density at radius 2 is 1.86 bits per heavy atom. The fourth-order valence-electron chi connectivity index (χ4n) is 3.40. The summed E-state index contributed by atoms with van der Waals surface area (Å²) in [6.07, 6.45) is -3.17. The zero-order chi connectivity index (χ0) is 25.3. The first-order valence-electron chi connectivity index (χ1n) is 10.4. The number of rotatable bonds is 5. The summed E-state index contributed by atoms with van der Waals surface area (Å²) in [5, 5.41) is 2.10. The standard InChI is InChI=1S/C25H19F3N2O4S/c1-14-6-7-15(2)19(10-14)29-22(31)13-30-23(32)21(35-24(30)33)12-18-8-9-20(34-18)16-4-3-5-17(11-16)25(26,27)28/h3-12H,13H2,1-2H3,(H,29,31)/b21-12+. The molecular formula is C25H19F3N2O4S. The molecule has 3 amide bonds. The number of anilines is 1. The topological polar surface area (TPSA) is 79.6 Å². The van der Waals surface area contributed by atoms with Gasteiger partial charge in [-0.3, -0.25) is 19.3 Å². The van der Waals surface area contributed by atoms with Gasteiger partial charge in [-0.2, -0.15) is 13.2 Å². The van der Waals surface area contributed by atoms with Gasteiger partial charge in [-0.25, -0.2) is 0 Å². The van der Waals surface area contributed by atoms with E-state index in [1.54, 1.807) is 6.07 Å². The van der Waals surface area contributed by atoms with Crippen molar-refractivity contribution in [1.29, 1.82) is 0 Å². The highest BCUT2D eigenvalue weighted by atomic mass is 32.2. The van der Waals surface area contributed by atoms with Gasteiger partial charge in [0.15, 0.2) is 0 Å². The van der Waals surface area contributed by atoms with E-state index in [0.717, 1.165) is 28.2 Å². The fraction of sp³-hybridized carbons (Fsp3) is 0.160. The van der Waals surface area contributed by atoms with Gasteiger partial charge in [0.25, 0.3) is 11.1 Å².